The fourth-order valence-corrected chi connectivity index (χ4v) is 2.68. The second kappa shape index (κ2) is 6.49. The van der Waals surface area contributed by atoms with Gasteiger partial charge in [-0.2, -0.15) is 0 Å². The Morgan fingerprint density at radius 3 is 2.47 bits per heavy atom. The van der Waals surface area contributed by atoms with Crippen LogP contribution in [0.5, 0.6) is 0 Å². The minimum Gasteiger partial charge on any atom is -0.353 e. The van der Waals surface area contributed by atoms with E-state index in [0.29, 0.717) is 0 Å². The maximum atomic E-state index is 5.76. The third-order valence-electron chi connectivity index (χ3n) is 3.69. The van der Waals surface area contributed by atoms with Gasteiger partial charge in [0.15, 0.2) is 6.29 Å². The van der Waals surface area contributed by atoms with Gasteiger partial charge >= 0.3 is 0 Å². The van der Waals surface area contributed by atoms with Crippen molar-refractivity contribution in [1.82, 2.24) is 0 Å². The molecule has 0 radical (unpaired) electrons. The SMILES string of the molecule is C1CCC(CCOC2CCCCO2)CC1. The molecule has 2 rings (SSSR count). The van der Waals surface area contributed by atoms with Gasteiger partial charge in [-0.05, 0) is 31.6 Å². The molecule has 2 heteroatoms. The molecule has 2 aliphatic rings. The van der Waals surface area contributed by atoms with Crippen molar-refractivity contribution in [3.63, 3.8) is 0 Å². The van der Waals surface area contributed by atoms with Crippen LogP contribution in [0.2, 0.25) is 0 Å². The van der Waals surface area contributed by atoms with E-state index in [1.165, 1.54) is 51.4 Å². The first kappa shape index (κ1) is 11.4. The lowest BCUT2D eigenvalue weighted by Crippen LogP contribution is -2.23. The zero-order valence-electron chi connectivity index (χ0n) is 9.75. The lowest BCUT2D eigenvalue weighted by molar-refractivity contribution is -0.164. The molecule has 0 aromatic rings. The molecule has 15 heavy (non-hydrogen) atoms. The van der Waals surface area contributed by atoms with Gasteiger partial charge in [0, 0.05) is 13.2 Å². The summed E-state index contributed by atoms with van der Waals surface area (Å²) < 4.78 is 11.3. The van der Waals surface area contributed by atoms with E-state index >= 15 is 0 Å². The Balaban J connectivity index is 1.53. The first-order valence-electron chi connectivity index (χ1n) is 6.68. The van der Waals surface area contributed by atoms with Gasteiger partial charge in [0.25, 0.3) is 0 Å². The van der Waals surface area contributed by atoms with Crippen molar-refractivity contribution < 1.29 is 9.47 Å². The van der Waals surface area contributed by atoms with Crippen molar-refractivity contribution in [3.05, 3.63) is 0 Å². The van der Waals surface area contributed by atoms with Gasteiger partial charge in [-0.3, -0.25) is 0 Å². The van der Waals surface area contributed by atoms with E-state index in [-0.39, 0.29) is 6.29 Å². The number of rotatable bonds is 4. The summed E-state index contributed by atoms with van der Waals surface area (Å²) in [6, 6.07) is 0. The van der Waals surface area contributed by atoms with Gasteiger partial charge in [-0.15, -0.1) is 0 Å². The molecule has 1 heterocycles. The molecule has 1 aliphatic heterocycles. The van der Waals surface area contributed by atoms with Crippen molar-refractivity contribution in [2.24, 2.45) is 5.92 Å². The van der Waals surface area contributed by atoms with Crippen molar-refractivity contribution >= 4 is 0 Å². The van der Waals surface area contributed by atoms with E-state index in [2.05, 4.69) is 0 Å². The molecule has 0 bridgehead atoms. The lowest BCUT2D eigenvalue weighted by Gasteiger charge is -2.25. The molecule has 1 atom stereocenters. The monoisotopic (exact) mass is 212 g/mol. The van der Waals surface area contributed by atoms with Gasteiger partial charge in [-0.1, -0.05) is 32.1 Å². The lowest BCUT2D eigenvalue weighted by atomic mass is 9.87. The molecule has 0 N–H and O–H groups in total. The summed E-state index contributed by atoms with van der Waals surface area (Å²) >= 11 is 0. The van der Waals surface area contributed by atoms with Crippen molar-refractivity contribution in [2.45, 2.75) is 64.1 Å². The van der Waals surface area contributed by atoms with Gasteiger partial charge < -0.3 is 9.47 Å². The fraction of sp³-hybridized carbons (Fsp3) is 1.00. The largest absolute Gasteiger partial charge is 0.353 e. The molecule has 1 unspecified atom stereocenters. The highest BCUT2D eigenvalue weighted by molar-refractivity contribution is 4.65. The minimum absolute atomic E-state index is 0.113. The summed E-state index contributed by atoms with van der Waals surface area (Å²) in [6.07, 6.45) is 12.1. The molecule has 2 fully saturated rings. The predicted octanol–water partition coefficient (Wildman–Crippen LogP) is 3.50. The van der Waals surface area contributed by atoms with Crippen LogP contribution in [0.1, 0.15) is 57.8 Å². The quantitative estimate of drug-likeness (QED) is 0.710. The Morgan fingerprint density at radius 1 is 0.933 bits per heavy atom. The van der Waals surface area contributed by atoms with Crippen LogP contribution in [-0.2, 0) is 9.47 Å². The highest BCUT2D eigenvalue weighted by atomic mass is 16.7. The van der Waals surface area contributed by atoms with Crippen LogP contribution in [-0.4, -0.2) is 19.5 Å². The second-order valence-electron chi connectivity index (χ2n) is 4.96. The van der Waals surface area contributed by atoms with E-state index in [1.807, 2.05) is 0 Å². The van der Waals surface area contributed by atoms with Crippen LogP contribution < -0.4 is 0 Å². The fourth-order valence-electron chi connectivity index (χ4n) is 2.68. The molecule has 2 nitrogen and oxygen atoms in total. The first-order chi connectivity index (χ1) is 7.45. The summed E-state index contributed by atoms with van der Waals surface area (Å²) in [7, 11) is 0. The zero-order chi connectivity index (χ0) is 10.3. The van der Waals surface area contributed by atoms with E-state index < -0.39 is 0 Å². The molecule has 0 aromatic heterocycles. The Bertz CT molecular complexity index is 140. The van der Waals surface area contributed by atoms with E-state index in [4.69, 9.17) is 9.47 Å². The molecule has 88 valence electrons. The molecule has 1 saturated carbocycles. The van der Waals surface area contributed by atoms with Crippen LogP contribution in [0.25, 0.3) is 0 Å². The summed E-state index contributed by atoms with van der Waals surface area (Å²) in [6.45, 7) is 1.81. The van der Waals surface area contributed by atoms with E-state index in [0.717, 1.165) is 25.6 Å². The van der Waals surface area contributed by atoms with Gasteiger partial charge in [0.2, 0.25) is 0 Å². The average molecular weight is 212 g/mol. The molecular weight excluding hydrogens is 188 g/mol. The smallest absolute Gasteiger partial charge is 0.157 e. The van der Waals surface area contributed by atoms with Crippen molar-refractivity contribution in [3.8, 4) is 0 Å². The maximum Gasteiger partial charge on any atom is 0.157 e. The Morgan fingerprint density at radius 2 is 1.73 bits per heavy atom. The highest BCUT2D eigenvalue weighted by Crippen LogP contribution is 2.26. The average Bonchev–Trinajstić information content (AvgIpc) is 2.32. The predicted molar refractivity (Wildman–Crippen MR) is 60.7 cm³/mol. The molecule has 0 spiro atoms. The van der Waals surface area contributed by atoms with Gasteiger partial charge in [0.1, 0.15) is 0 Å². The molecule has 0 aromatic carbocycles. The summed E-state index contributed by atoms with van der Waals surface area (Å²) in [4.78, 5) is 0. The van der Waals surface area contributed by atoms with Gasteiger partial charge in [0.05, 0.1) is 0 Å². The third kappa shape index (κ3) is 4.12. The van der Waals surface area contributed by atoms with Crippen LogP contribution in [0.4, 0.5) is 0 Å². The Kier molecular flexibility index (Phi) is 4.94. The topological polar surface area (TPSA) is 18.5 Å². The van der Waals surface area contributed by atoms with Crippen molar-refractivity contribution in [2.75, 3.05) is 13.2 Å². The first-order valence-corrected chi connectivity index (χ1v) is 6.68. The summed E-state index contributed by atoms with van der Waals surface area (Å²) in [5.74, 6) is 0.933. The van der Waals surface area contributed by atoms with Crippen LogP contribution in [0, 0.1) is 5.92 Å². The van der Waals surface area contributed by atoms with Crippen LogP contribution >= 0.6 is 0 Å². The molecule has 1 aliphatic carbocycles. The Labute approximate surface area is 93.3 Å². The third-order valence-corrected chi connectivity index (χ3v) is 3.69. The number of ether oxygens (including phenoxy) is 2. The van der Waals surface area contributed by atoms with Gasteiger partial charge in [-0.25, -0.2) is 0 Å². The Hall–Kier alpha value is -0.0800. The highest BCUT2D eigenvalue weighted by Gasteiger charge is 2.16. The summed E-state index contributed by atoms with van der Waals surface area (Å²) in [5, 5.41) is 0. The minimum atomic E-state index is 0.113. The maximum absolute atomic E-state index is 5.76. The normalized spacial score (nSPS) is 29.2. The number of hydrogen-bond donors (Lipinski definition) is 0. The summed E-state index contributed by atoms with van der Waals surface area (Å²) in [5.41, 5.74) is 0. The van der Waals surface area contributed by atoms with E-state index in [9.17, 15) is 0 Å². The van der Waals surface area contributed by atoms with Crippen molar-refractivity contribution in [1.29, 1.82) is 0 Å². The van der Waals surface area contributed by atoms with Crippen LogP contribution in [0.15, 0.2) is 0 Å². The molecule has 1 saturated heterocycles. The molecular formula is C13H24O2. The zero-order valence-corrected chi connectivity index (χ0v) is 9.75. The standard InChI is InChI=1S/C13H24O2/c1-2-6-12(7-3-1)9-11-15-13-8-4-5-10-14-13/h12-13H,1-11H2. The number of hydrogen-bond acceptors (Lipinski definition) is 2. The molecule has 0 amide bonds. The second-order valence-corrected chi connectivity index (χ2v) is 4.96. The van der Waals surface area contributed by atoms with Crippen LogP contribution in [0.3, 0.4) is 0 Å². The van der Waals surface area contributed by atoms with E-state index in [1.54, 1.807) is 0 Å².